The maximum absolute atomic E-state index is 12.5. The van der Waals surface area contributed by atoms with Crippen LogP contribution in [0.3, 0.4) is 0 Å². The van der Waals surface area contributed by atoms with Crippen molar-refractivity contribution >= 4 is 43.1 Å². The first-order valence-electron chi connectivity index (χ1n) is 6.86. The van der Waals surface area contributed by atoms with E-state index in [0.29, 0.717) is 5.75 Å². The van der Waals surface area contributed by atoms with Crippen molar-refractivity contribution in [1.29, 1.82) is 0 Å². The molecule has 1 amide bonds. The van der Waals surface area contributed by atoms with E-state index in [-0.39, 0.29) is 22.1 Å². The van der Waals surface area contributed by atoms with Crippen molar-refractivity contribution in [2.24, 2.45) is 0 Å². The zero-order valence-electron chi connectivity index (χ0n) is 12.9. The summed E-state index contributed by atoms with van der Waals surface area (Å²) in [6.07, 6.45) is 0. The van der Waals surface area contributed by atoms with Gasteiger partial charge in [0.25, 0.3) is 0 Å². The molecular weight excluding hydrogens is 380 g/mol. The summed E-state index contributed by atoms with van der Waals surface area (Å²) in [6.45, 7) is 1.28. The van der Waals surface area contributed by atoms with E-state index < -0.39 is 37.2 Å². The summed E-state index contributed by atoms with van der Waals surface area (Å²) in [4.78, 5) is 11.1. The van der Waals surface area contributed by atoms with Crippen LogP contribution in [0.5, 0.6) is 5.75 Å². The molecule has 1 saturated heterocycles. The first-order valence-corrected chi connectivity index (χ1v) is 10.6. The van der Waals surface area contributed by atoms with E-state index in [9.17, 15) is 21.6 Å². The predicted molar refractivity (Wildman–Crippen MR) is 89.7 cm³/mol. The van der Waals surface area contributed by atoms with Gasteiger partial charge in [0, 0.05) is 6.92 Å². The molecule has 2 atom stereocenters. The number of amides is 1. The van der Waals surface area contributed by atoms with Gasteiger partial charge in [-0.25, -0.2) is 21.6 Å². The van der Waals surface area contributed by atoms with E-state index in [1.165, 1.54) is 32.2 Å². The second-order valence-corrected chi connectivity index (χ2v) is 9.79. The number of methoxy groups -OCH3 is 1. The number of nitrogens with one attached hydrogen (secondary N) is 2. The van der Waals surface area contributed by atoms with Gasteiger partial charge in [-0.3, -0.25) is 4.79 Å². The lowest BCUT2D eigenvalue weighted by Crippen LogP contribution is -2.40. The van der Waals surface area contributed by atoms with E-state index in [2.05, 4.69) is 10.0 Å². The van der Waals surface area contributed by atoms with Crippen LogP contribution in [-0.2, 0) is 24.7 Å². The number of ether oxygens (including phenoxy) is 1. The monoisotopic (exact) mass is 396 g/mol. The van der Waals surface area contributed by atoms with Crippen LogP contribution in [0.15, 0.2) is 23.1 Å². The summed E-state index contributed by atoms with van der Waals surface area (Å²) in [7, 11) is -6.00. The Kier molecular flexibility index (Phi) is 5.43. The van der Waals surface area contributed by atoms with Crippen LogP contribution in [0, 0.1) is 0 Å². The fourth-order valence-corrected chi connectivity index (χ4v) is 6.35. The summed E-state index contributed by atoms with van der Waals surface area (Å²) in [5, 5.41) is 1.64. The number of rotatable bonds is 5. The lowest BCUT2D eigenvalue weighted by Gasteiger charge is -2.16. The minimum Gasteiger partial charge on any atom is -0.495 e. The van der Waals surface area contributed by atoms with Gasteiger partial charge < -0.3 is 10.1 Å². The molecule has 0 radical (unpaired) electrons. The van der Waals surface area contributed by atoms with E-state index >= 15 is 0 Å². The fraction of sp³-hybridized carbons (Fsp3) is 0.462. The lowest BCUT2D eigenvalue weighted by atomic mass is 10.3. The van der Waals surface area contributed by atoms with Gasteiger partial charge in [-0.1, -0.05) is 0 Å². The minimum atomic E-state index is -4.02. The molecule has 2 N–H and O–H groups in total. The Hall–Kier alpha value is -1.36. The van der Waals surface area contributed by atoms with Gasteiger partial charge in [0.05, 0.1) is 40.6 Å². The highest BCUT2D eigenvalue weighted by atomic mass is 35.5. The molecule has 1 aliphatic rings. The topological polar surface area (TPSA) is 119 Å². The SMILES string of the molecule is COc1ccc(S(=O)(=O)N[C@H]2CS(=O)(=O)C[C@@H]2Cl)cc1NC(C)=O. The van der Waals surface area contributed by atoms with Crippen LogP contribution in [0.1, 0.15) is 6.92 Å². The van der Waals surface area contributed by atoms with E-state index in [0.717, 1.165) is 0 Å². The van der Waals surface area contributed by atoms with Crippen LogP contribution in [-0.4, -0.2) is 52.8 Å². The zero-order chi connectivity index (χ0) is 18.1. The highest BCUT2D eigenvalue weighted by Gasteiger charge is 2.39. The molecule has 1 aromatic carbocycles. The first-order chi connectivity index (χ1) is 11.0. The summed E-state index contributed by atoms with van der Waals surface area (Å²) in [5.41, 5.74) is 0.189. The number of sulfonamides is 1. The molecule has 11 heteroatoms. The van der Waals surface area contributed by atoms with Gasteiger partial charge in [-0.05, 0) is 18.2 Å². The average Bonchev–Trinajstić information content (AvgIpc) is 2.69. The van der Waals surface area contributed by atoms with Crippen molar-refractivity contribution in [3.63, 3.8) is 0 Å². The summed E-state index contributed by atoms with van der Waals surface area (Å²) in [6, 6.07) is 3.01. The number of halogens is 1. The van der Waals surface area contributed by atoms with Gasteiger partial charge in [0.15, 0.2) is 9.84 Å². The number of carbonyl (C=O) groups excluding carboxylic acids is 1. The summed E-state index contributed by atoms with van der Waals surface area (Å²) in [5.74, 6) is -0.724. The van der Waals surface area contributed by atoms with Crippen LogP contribution in [0.25, 0.3) is 0 Å². The molecular formula is C13H17ClN2O6S2. The molecule has 24 heavy (non-hydrogen) atoms. The Balaban J connectivity index is 2.31. The van der Waals surface area contributed by atoms with Crippen LogP contribution in [0.2, 0.25) is 0 Å². The summed E-state index contributed by atoms with van der Waals surface area (Å²) < 4.78 is 55.4. The van der Waals surface area contributed by atoms with Gasteiger partial charge in [-0.15, -0.1) is 11.6 Å². The maximum atomic E-state index is 12.5. The van der Waals surface area contributed by atoms with E-state index in [1.54, 1.807) is 0 Å². The van der Waals surface area contributed by atoms with Crippen molar-refractivity contribution in [2.75, 3.05) is 23.9 Å². The van der Waals surface area contributed by atoms with Gasteiger partial charge in [0.2, 0.25) is 15.9 Å². The number of sulfone groups is 1. The third-order valence-corrected chi connectivity index (χ3v) is 7.24. The minimum absolute atomic E-state index is 0.139. The quantitative estimate of drug-likeness (QED) is 0.692. The van der Waals surface area contributed by atoms with Crippen molar-refractivity contribution in [3.05, 3.63) is 18.2 Å². The largest absolute Gasteiger partial charge is 0.495 e. The average molecular weight is 397 g/mol. The van der Waals surface area contributed by atoms with Gasteiger partial charge in [0.1, 0.15) is 5.75 Å². The molecule has 0 spiro atoms. The second kappa shape index (κ2) is 6.87. The van der Waals surface area contributed by atoms with Crippen molar-refractivity contribution in [3.8, 4) is 5.75 Å². The van der Waals surface area contributed by atoms with Crippen molar-refractivity contribution in [1.82, 2.24) is 4.72 Å². The van der Waals surface area contributed by atoms with E-state index in [1.807, 2.05) is 0 Å². The Labute approximate surface area is 145 Å². The third kappa shape index (κ3) is 4.38. The Morgan fingerprint density at radius 3 is 2.50 bits per heavy atom. The Bertz CT molecular complexity index is 853. The highest BCUT2D eigenvalue weighted by Crippen LogP contribution is 2.28. The molecule has 1 fully saturated rings. The third-order valence-electron chi connectivity index (χ3n) is 3.38. The van der Waals surface area contributed by atoms with Crippen LogP contribution >= 0.6 is 11.6 Å². The Morgan fingerprint density at radius 2 is 2.00 bits per heavy atom. The smallest absolute Gasteiger partial charge is 0.240 e. The first kappa shape index (κ1) is 19.0. The van der Waals surface area contributed by atoms with E-state index in [4.69, 9.17) is 16.3 Å². The zero-order valence-corrected chi connectivity index (χ0v) is 15.3. The number of alkyl halides is 1. The number of hydrogen-bond donors (Lipinski definition) is 2. The number of benzene rings is 1. The molecule has 2 rings (SSSR count). The molecule has 0 unspecified atom stereocenters. The molecule has 0 bridgehead atoms. The predicted octanol–water partition coefficient (Wildman–Crippen LogP) is 0.336. The van der Waals surface area contributed by atoms with Crippen molar-refractivity contribution in [2.45, 2.75) is 23.2 Å². The van der Waals surface area contributed by atoms with Gasteiger partial charge >= 0.3 is 0 Å². The lowest BCUT2D eigenvalue weighted by molar-refractivity contribution is -0.114. The molecule has 0 saturated carbocycles. The number of carbonyl (C=O) groups is 1. The van der Waals surface area contributed by atoms with Crippen LogP contribution in [0.4, 0.5) is 5.69 Å². The maximum Gasteiger partial charge on any atom is 0.240 e. The van der Waals surface area contributed by atoms with Crippen LogP contribution < -0.4 is 14.8 Å². The molecule has 0 aliphatic carbocycles. The molecule has 8 nitrogen and oxygen atoms in total. The number of hydrogen-bond acceptors (Lipinski definition) is 6. The molecule has 0 aromatic heterocycles. The summed E-state index contributed by atoms with van der Waals surface area (Å²) >= 11 is 5.92. The molecule has 1 heterocycles. The highest BCUT2D eigenvalue weighted by molar-refractivity contribution is 7.92. The molecule has 134 valence electrons. The Morgan fingerprint density at radius 1 is 1.33 bits per heavy atom. The standard InChI is InChI=1S/C13H17ClN2O6S2/c1-8(17)15-11-5-9(3-4-13(11)22-2)24(20,21)16-12-7-23(18,19)6-10(12)14/h3-5,10,12,16H,6-7H2,1-2H3,(H,15,17)/t10-,12-/m0/s1. The normalized spacial score (nSPS) is 23.0. The van der Waals surface area contributed by atoms with Crippen molar-refractivity contribution < 1.29 is 26.4 Å². The molecule has 1 aromatic rings. The second-order valence-electron chi connectivity index (χ2n) is 5.36. The fourth-order valence-electron chi connectivity index (χ4n) is 2.32. The van der Waals surface area contributed by atoms with Gasteiger partial charge in [-0.2, -0.15) is 0 Å². The number of anilines is 1. The molecule has 1 aliphatic heterocycles.